The van der Waals surface area contributed by atoms with Crippen LogP contribution < -0.4 is 15.4 Å². The van der Waals surface area contributed by atoms with Gasteiger partial charge in [-0.05, 0) is 67.1 Å². The Balaban J connectivity index is 1.12. The maximum atomic E-state index is 12.8. The minimum atomic E-state index is -1.09. The smallest absolute Gasteiger partial charge is 0.326 e. The van der Waals surface area contributed by atoms with E-state index in [0.29, 0.717) is 17.9 Å². The molecule has 2 aromatic carbocycles. The number of carbonyl (C=O) groups excluding carboxylic acids is 1. The number of nitrogens with zero attached hydrogens (tertiary/aromatic N) is 3. The number of aryl methyl sites for hydroxylation is 3. The predicted molar refractivity (Wildman–Crippen MR) is 145 cm³/mol. The van der Waals surface area contributed by atoms with Crippen LogP contribution in [-0.4, -0.2) is 50.9 Å². The average molecular weight is 514 g/mol. The van der Waals surface area contributed by atoms with Crippen molar-refractivity contribution in [3.63, 3.8) is 0 Å². The number of hydrogen-bond acceptors (Lipinski definition) is 6. The molecule has 0 unspecified atom stereocenters. The number of carbonyl (C=O) groups is 2. The predicted octanol–water partition coefficient (Wildman–Crippen LogP) is 3.76. The second-order valence-electron chi connectivity index (χ2n) is 9.55. The van der Waals surface area contributed by atoms with Crippen LogP contribution in [0.3, 0.4) is 0 Å². The van der Waals surface area contributed by atoms with Crippen LogP contribution in [0.15, 0.2) is 60.8 Å². The molecule has 5 rings (SSSR count). The van der Waals surface area contributed by atoms with Crippen molar-refractivity contribution >= 4 is 28.6 Å². The summed E-state index contributed by atoms with van der Waals surface area (Å²) in [5.74, 6) is 0.195. The zero-order valence-corrected chi connectivity index (χ0v) is 21.3. The molecule has 1 atom stereocenters. The Kier molecular flexibility index (Phi) is 7.53. The molecule has 196 valence electrons. The van der Waals surface area contributed by atoms with Gasteiger partial charge in [-0.15, -0.1) is 0 Å². The third-order valence-corrected chi connectivity index (χ3v) is 6.78. The third kappa shape index (κ3) is 5.94. The van der Waals surface area contributed by atoms with Crippen LogP contribution >= 0.6 is 0 Å². The highest BCUT2D eigenvalue weighted by atomic mass is 16.5. The number of fused-ring (bicyclic) bond motifs is 2. The lowest BCUT2D eigenvalue weighted by Crippen LogP contribution is -2.42. The van der Waals surface area contributed by atoms with Gasteiger partial charge in [0.25, 0.3) is 5.91 Å². The van der Waals surface area contributed by atoms with Crippen molar-refractivity contribution < 1.29 is 19.4 Å². The third-order valence-electron chi connectivity index (χ3n) is 6.78. The number of ether oxygens (including phenoxy) is 1. The molecule has 9 heteroatoms. The van der Waals surface area contributed by atoms with Gasteiger partial charge in [-0.1, -0.05) is 24.3 Å². The highest BCUT2D eigenvalue weighted by molar-refractivity contribution is 5.99. The minimum absolute atomic E-state index is 0.160. The largest absolute Gasteiger partial charge is 0.494 e. The maximum Gasteiger partial charge on any atom is 0.326 e. The summed E-state index contributed by atoms with van der Waals surface area (Å²) in [6.45, 7) is 1.53. The molecule has 0 aliphatic carbocycles. The van der Waals surface area contributed by atoms with Gasteiger partial charge in [-0.2, -0.15) is 5.10 Å². The molecule has 0 saturated heterocycles. The van der Waals surface area contributed by atoms with Crippen molar-refractivity contribution in [2.24, 2.45) is 7.05 Å². The topological polar surface area (TPSA) is 118 Å². The number of pyridine rings is 1. The molecule has 1 aliphatic rings. The summed E-state index contributed by atoms with van der Waals surface area (Å²) in [6, 6.07) is 15.7. The minimum Gasteiger partial charge on any atom is -0.494 e. The fraction of sp³-hybridized carbons (Fsp3) is 0.310. The van der Waals surface area contributed by atoms with E-state index in [1.807, 2.05) is 24.3 Å². The van der Waals surface area contributed by atoms with E-state index in [2.05, 4.69) is 27.9 Å². The molecule has 0 spiro atoms. The molecule has 0 bridgehead atoms. The second-order valence-corrected chi connectivity index (χ2v) is 9.55. The van der Waals surface area contributed by atoms with E-state index in [0.717, 1.165) is 60.2 Å². The molecule has 38 heavy (non-hydrogen) atoms. The number of anilines is 1. The summed E-state index contributed by atoms with van der Waals surface area (Å²) >= 11 is 0. The molecular formula is C29H31N5O4. The SMILES string of the molecule is Cn1ncc2ccc(C(=O)N[C@H](Cc3ccc(OCCCc4ccc5c(n4)NCCC5)cc3)C(=O)O)cc21. The first-order chi connectivity index (χ1) is 18.5. The Morgan fingerprint density at radius 1 is 1.16 bits per heavy atom. The fourth-order valence-corrected chi connectivity index (χ4v) is 4.64. The monoisotopic (exact) mass is 513 g/mol. The van der Waals surface area contributed by atoms with E-state index >= 15 is 0 Å². The van der Waals surface area contributed by atoms with Gasteiger partial charge in [0.05, 0.1) is 18.3 Å². The van der Waals surface area contributed by atoms with Crippen molar-refractivity contribution in [3.05, 3.63) is 83.2 Å². The number of carboxylic acid groups (broad SMARTS) is 1. The summed E-state index contributed by atoms with van der Waals surface area (Å²) in [5.41, 5.74) is 4.32. The Bertz CT molecular complexity index is 1450. The lowest BCUT2D eigenvalue weighted by Gasteiger charge is -2.17. The fourth-order valence-electron chi connectivity index (χ4n) is 4.64. The summed E-state index contributed by atoms with van der Waals surface area (Å²) in [5, 5.41) is 20.8. The lowest BCUT2D eigenvalue weighted by molar-refractivity contribution is -0.139. The van der Waals surface area contributed by atoms with Gasteiger partial charge >= 0.3 is 5.97 Å². The molecule has 1 amide bonds. The first-order valence-electron chi connectivity index (χ1n) is 12.9. The van der Waals surface area contributed by atoms with E-state index < -0.39 is 17.9 Å². The first kappa shape index (κ1) is 25.3. The van der Waals surface area contributed by atoms with Crippen LogP contribution in [0.1, 0.15) is 40.0 Å². The molecule has 4 aromatic rings. The van der Waals surface area contributed by atoms with E-state index in [1.165, 1.54) is 5.56 Å². The number of aliphatic carboxylic acids is 1. The quantitative estimate of drug-likeness (QED) is 0.276. The summed E-state index contributed by atoms with van der Waals surface area (Å²) < 4.78 is 7.55. The van der Waals surface area contributed by atoms with Crippen LogP contribution in [-0.2, 0) is 31.1 Å². The lowest BCUT2D eigenvalue weighted by atomic mass is 10.0. The van der Waals surface area contributed by atoms with Crippen molar-refractivity contribution in [2.75, 3.05) is 18.5 Å². The van der Waals surface area contributed by atoms with Crippen molar-refractivity contribution in [1.29, 1.82) is 0 Å². The Morgan fingerprint density at radius 2 is 2.00 bits per heavy atom. The first-order valence-corrected chi connectivity index (χ1v) is 12.9. The standard InChI is InChI=1S/C29H31N5O4/c1-34-26-17-21(8-9-22(26)18-31-34)28(35)33-25(29(36)37)16-19-6-12-24(13-7-19)38-15-3-5-23-11-10-20-4-2-14-30-27(20)32-23/h6-13,17-18,25H,2-5,14-16H2,1H3,(H,30,32)(H,33,35)(H,36,37)/t25-/m1/s1. The average Bonchev–Trinajstić information content (AvgIpc) is 3.31. The Hall–Kier alpha value is -4.40. The van der Waals surface area contributed by atoms with Crippen molar-refractivity contribution in [3.8, 4) is 5.75 Å². The van der Waals surface area contributed by atoms with Crippen LogP contribution in [0.2, 0.25) is 0 Å². The summed E-state index contributed by atoms with van der Waals surface area (Å²) in [6.07, 6.45) is 5.78. The van der Waals surface area contributed by atoms with Gasteiger partial charge in [0.2, 0.25) is 0 Å². The molecule has 2 aromatic heterocycles. The van der Waals surface area contributed by atoms with Crippen LogP contribution in [0.4, 0.5) is 5.82 Å². The molecule has 0 radical (unpaired) electrons. The molecule has 0 saturated carbocycles. The second kappa shape index (κ2) is 11.3. The van der Waals surface area contributed by atoms with Gasteiger partial charge in [0.15, 0.2) is 0 Å². The van der Waals surface area contributed by atoms with Gasteiger partial charge in [0, 0.05) is 36.7 Å². The zero-order chi connectivity index (χ0) is 26.5. The van der Waals surface area contributed by atoms with E-state index in [9.17, 15) is 14.7 Å². The molecule has 3 N–H and O–H groups in total. The number of benzene rings is 2. The number of hydrogen-bond donors (Lipinski definition) is 3. The molecule has 0 fully saturated rings. The number of carboxylic acids is 1. The van der Waals surface area contributed by atoms with Gasteiger partial charge in [-0.25, -0.2) is 9.78 Å². The van der Waals surface area contributed by atoms with Gasteiger partial charge in [0.1, 0.15) is 17.6 Å². The molecule has 3 heterocycles. The zero-order valence-electron chi connectivity index (χ0n) is 21.3. The Morgan fingerprint density at radius 3 is 2.82 bits per heavy atom. The summed E-state index contributed by atoms with van der Waals surface area (Å²) in [7, 11) is 1.79. The number of nitrogens with one attached hydrogen (secondary N) is 2. The van der Waals surface area contributed by atoms with Crippen LogP contribution in [0.25, 0.3) is 10.9 Å². The number of rotatable bonds is 10. The molecule has 1 aliphatic heterocycles. The highest BCUT2D eigenvalue weighted by Crippen LogP contribution is 2.21. The number of aromatic nitrogens is 3. The summed E-state index contributed by atoms with van der Waals surface area (Å²) in [4.78, 5) is 29.4. The number of amides is 1. The molecule has 9 nitrogen and oxygen atoms in total. The van der Waals surface area contributed by atoms with E-state index in [4.69, 9.17) is 9.72 Å². The van der Waals surface area contributed by atoms with Crippen LogP contribution in [0, 0.1) is 0 Å². The van der Waals surface area contributed by atoms with Crippen molar-refractivity contribution in [2.45, 2.75) is 38.1 Å². The van der Waals surface area contributed by atoms with Crippen LogP contribution in [0.5, 0.6) is 5.75 Å². The highest BCUT2D eigenvalue weighted by Gasteiger charge is 2.21. The van der Waals surface area contributed by atoms with E-state index in [1.54, 1.807) is 36.1 Å². The van der Waals surface area contributed by atoms with E-state index in [-0.39, 0.29) is 6.42 Å². The van der Waals surface area contributed by atoms with Gasteiger partial charge in [-0.3, -0.25) is 9.48 Å². The maximum absolute atomic E-state index is 12.8. The van der Waals surface area contributed by atoms with Crippen molar-refractivity contribution in [1.82, 2.24) is 20.1 Å². The molecular weight excluding hydrogens is 482 g/mol. The van der Waals surface area contributed by atoms with Gasteiger partial charge < -0.3 is 20.5 Å². The Labute approximate surface area is 220 Å². The normalized spacial score (nSPS) is 13.4.